The van der Waals surface area contributed by atoms with Gasteiger partial charge in [-0.1, -0.05) is 12.1 Å². The van der Waals surface area contributed by atoms with Crippen molar-refractivity contribution >= 4 is 18.1 Å². The van der Waals surface area contributed by atoms with Crippen molar-refractivity contribution in [2.75, 3.05) is 33.0 Å². The number of nitrogens with two attached hydrogens (primary N) is 1. The van der Waals surface area contributed by atoms with Crippen molar-refractivity contribution in [2.24, 2.45) is 0 Å². The first-order chi connectivity index (χ1) is 11.2. The van der Waals surface area contributed by atoms with E-state index >= 15 is 0 Å². The number of hydrogen-bond acceptors (Lipinski definition) is 4. The molecule has 0 saturated heterocycles. The van der Waals surface area contributed by atoms with Gasteiger partial charge in [-0.15, -0.1) is 12.4 Å². The molecule has 0 amide bonds. The summed E-state index contributed by atoms with van der Waals surface area (Å²) in [6, 6.07) is 12.4. The molecule has 2 N–H and O–H groups in total. The zero-order valence-corrected chi connectivity index (χ0v) is 15.1. The third-order valence-electron chi connectivity index (χ3n) is 4.49. The van der Waals surface area contributed by atoms with Gasteiger partial charge in [0.15, 0.2) is 11.5 Å². The second kappa shape index (κ2) is 8.27. The van der Waals surface area contributed by atoms with Gasteiger partial charge in [0.05, 0.1) is 14.2 Å². The van der Waals surface area contributed by atoms with Crippen molar-refractivity contribution < 1.29 is 9.47 Å². The van der Waals surface area contributed by atoms with Crippen LogP contribution >= 0.6 is 12.4 Å². The van der Waals surface area contributed by atoms with E-state index in [9.17, 15) is 0 Å². The molecule has 0 atom stereocenters. The van der Waals surface area contributed by atoms with E-state index in [0.717, 1.165) is 49.7 Å². The molecule has 3 rings (SSSR count). The van der Waals surface area contributed by atoms with Gasteiger partial charge in [0, 0.05) is 25.3 Å². The summed E-state index contributed by atoms with van der Waals surface area (Å²) < 4.78 is 10.8. The molecule has 0 saturated carbocycles. The first-order valence-corrected chi connectivity index (χ1v) is 8.00. The van der Waals surface area contributed by atoms with Crippen molar-refractivity contribution in [3.63, 3.8) is 0 Å². The fraction of sp³-hybridized carbons (Fsp3) is 0.368. The van der Waals surface area contributed by atoms with Crippen LogP contribution in [0.2, 0.25) is 0 Å². The first-order valence-electron chi connectivity index (χ1n) is 8.00. The Balaban J connectivity index is 0.00000208. The summed E-state index contributed by atoms with van der Waals surface area (Å²) in [5, 5.41) is 0. The zero-order chi connectivity index (χ0) is 16.2. The number of fused-ring (bicyclic) bond motifs is 1. The molecular formula is C19H25ClN2O2. The molecule has 24 heavy (non-hydrogen) atoms. The number of nitrogen functional groups attached to an aromatic ring is 1. The lowest BCUT2D eigenvalue weighted by Crippen LogP contribution is -2.32. The van der Waals surface area contributed by atoms with Crippen LogP contribution in [0.25, 0.3) is 0 Å². The van der Waals surface area contributed by atoms with E-state index in [4.69, 9.17) is 15.2 Å². The Hall–Kier alpha value is -1.91. The Bertz CT molecular complexity index is 674. The van der Waals surface area contributed by atoms with E-state index in [0.29, 0.717) is 0 Å². The molecule has 0 aromatic heterocycles. The summed E-state index contributed by atoms with van der Waals surface area (Å²) in [5.74, 6) is 1.63. The normalized spacial score (nSPS) is 13.8. The van der Waals surface area contributed by atoms with E-state index in [1.807, 2.05) is 12.1 Å². The molecule has 5 heteroatoms. The summed E-state index contributed by atoms with van der Waals surface area (Å²) in [6.45, 7) is 3.10. The Labute approximate surface area is 150 Å². The van der Waals surface area contributed by atoms with Crippen LogP contribution in [-0.2, 0) is 19.4 Å². The van der Waals surface area contributed by atoms with Crippen LogP contribution in [0.15, 0.2) is 36.4 Å². The molecule has 130 valence electrons. The highest BCUT2D eigenvalue weighted by Gasteiger charge is 2.19. The second-order valence-corrected chi connectivity index (χ2v) is 5.99. The molecule has 4 nitrogen and oxygen atoms in total. The quantitative estimate of drug-likeness (QED) is 0.842. The van der Waals surface area contributed by atoms with Gasteiger partial charge in [-0.05, 0) is 53.8 Å². The minimum Gasteiger partial charge on any atom is -0.493 e. The topological polar surface area (TPSA) is 47.7 Å². The second-order valence-electron chi connectivity index (χ2n) is 5.99. The minimum absolute atomic E-state index is 0. The zero-order valence-electron chi connectivity index (χ0n) is 14.2. The van der Waals surface area contributed by atoms with E-state index in [-0.39, 0.29) is 12.4 Å². The molecule has 0 fully saturated rings. The molecule has 0 radical (unpaired) electrons. The molecule has 2 aromatic rings. The number of rotatable bonds is 5. The van der Waals surface area contributed by atoms with Gasteiger partial charge >= 0.3 is 0 Å². The van der Waals surface area contributed by atoms with Crippen LogP contribution in [0, 0.1) is 0 Å². The van der Waals surface area contributed by atoms with Crippen LogP contribution in [0.4, 0.5) is 5.69 Å². The highest BCUT2D eigenvalue weighted by atomic mass is 35.5. The molecule has 0 aliphatic carbocycles. The van der Waals surface area contributed by atoms with Gasteiger partial charge in [0.2, 0.25) is 0 Å². The molecule has 1 aliphatic rings. The number of halogens is 1. The summed E-state index contributed by atoms with van der Waals surface area (Å²) in [7, 11) is 3.37. The fourth-order valence-corrected chi connectivity index (χ4v) is 3.10. The SMILES string of the molecule is COc1cc2c(cc1OC)CN(CCc1ccc(N)cc1)CC2.Cl. The van der Waals surface area contributed by atoms with Crippen molar-refractivity contribution in [1.82, 2.24) is 4.90 Å². The minimum atomic E-state index is 0. The Morgan fingerprint density at radius 3 is 2.25 bits per heavy atom. The van der Waals surface area contributed by atoms with Gasteiger partial charge < -0.3 is 15.2 Å². The van der Waals surface area contributed by atoms with E-state index in [2.05, 4.69) is 29.2 Å². The van der Waals surface area contributed by atoms with Crippen molar-refractivity contribution in [2.45, 2.75) is 19.4 Å². The Morgan fingerprint density at radius 1 is 1.00 bits per heavy atom. The smallest absolute Gasteiger partial charge is 0.161 e. The highest BCUT2D eigenvalue weighted by Crippen LogP contribution is 2.33. The Morgan fingerprint density at radius 2 is 1.62 bits per heavy atom. The van der Waals surface area contributed by atoms with Crippen molar-refractivity contribution in [3.8, 4) is 11.5 Å². The monoisotopic (exact) mass is 348 g/mol. The third kappa shape index (κ3) is 4.13. The summed E-state index contributed by atoms with van der Waals surface area (Å²) >= 11 is 0. The molecule has 0 bridgehead atoms. The lowest BCUT2D eigenvalue weighted by molar-refractivity contribution is 0.255. The fourth-order valence-electron chi connectivity index (χ4n) is 3.10. The van der Waals surface area contributed by atoms with Crippen molar-refractivity contribution in [1.29, 1.82) is 0 Å². The number of ether oxygens (including phenoxy) is 2. The van der Waals surface area contributed by atoms with E-state index in [1.165, 1.54) is 16.7 Å². The maximum atomic E-state index is 5.74. The standard InChI is InChI=1S/C19H24N2O2.ClH/c1-22-18-11-15-8-10-21(13-16(15)12-19(18)23-2)9-7-14-3-5-17(20)6-4-14;/h3-6,11-12H,7-10,13,20H2,1-2H3;1H. The lowest BCUT2D eigenvalue weighted by atomic mass is 9.98. The van der Waals surface area contributed by atoms with Gasteiger partial charge in [0.1, 0.15) is 0 Å². The van der Waals surface area contributed by atoms with Gasteiger partial charge in [0.25, 0.3) is 0 Å². The first kappa shape index (κ1) is 18.4. The van der Waals surface area contributed by atoms with Crippen LogP contribution in [0.1, 0.15) is 16.7 Å². The number of nitrogens with zero attached hydrogens (tertiary/aromatic N) is 1. The summed E-state index contributed by atoms with van der Waals surface area (Å²) in [4.78, 5) is 2.49. The Kier molecular flexibility index (Phi) is 6.35. The summed E-state index contributed by atoms with van der Waals surface area (Å²) in [5.41, 5.74) is 10.6. The van der Waals surface area contributed by atoms with Crippen LogP contribution < -0.4 is 15.2 Å². The van der Waals surface area contributed by atoms with Crippen molar-refractivity contribution in [3.05, 3.63) is 53.1 Å². The third-order valence-corrected chi connectivity index (χ3v) is 4.49. The maximum absolute atomic E-state index is 5.74. The van der Waals surface area contributed by atoms with Gasteiger partial charge in [-0.25, -0.2) is 0 Å². The highest BCUT2D eigenvalue weighted by molar-refractivity contribution is 5.85. The van der Waals surface area contributed by atoms with E-state index in [1.54, 1.807) is 14.2 Å². The van der Waals surface area contributed by atoms with E-state index < -0.39 is 0 Å². The molecule has 0 spiro atoms. The molecule has 1 aliphatic heterocycles. The number of hydrogen-bond donors (Lipinski definition) is 1. The number of anilines is 1. The maximum Gasteiger partial charge on any atom is 0.161 e. The number of benzene rings is 2. The molecule has 1 heterocycles. The summed E-state index contributed by atoms with van der Waals surface area (Å²) in [6.07, 6.45) is 2.10. The molecular weight excluding hydrogens is 324 g/mol. The predicted octanol–water partition coefficient (Wildman–Crippen LogP) is 3.31. The largest absolute Gasteiger partial charge is 0.493 e. The molecule has 2 aromatic carbocycles. The number of methoxy groups -OCH3 is 2. The molecule has 0 unspecified atom stereocenters. The average Bonchev–Trinajstić information content (AvgIpc) is 2.59. The predicted molar refractivity (Wildman–Crippen MR) is 100 cm³/mol. The average molecular weight is 349 g/mol. The van der Waals surface area contributed by atoms with Gasteiger partial charge in [-0.2, -0.15) is 0 Å². The lowest BCUT2D eigenvalue weighted by Gasteiger charge is -2.29. The van der Waals surface area contributed by atoms with Gasteiger partial charge in [-0.3, -0.25) is 4.90 Å². The van der Waals surface area contributed by atoms with Crippen LogP contribution in [0.5, 0.6) is 11.5 Å². The van der Waals surface area contributed by atoms with Crippen LogP contribution in [-0.4, -0.2) is 32.2 Å². The van der Waals surface area contributed by atoms with Crippen LogP contribution in [0.3, 0.4) is 0 Å².